The average Bonchev–Trinajstić information content (AvgIpc) is 2.98. The van der Waals surface area contributed by atoms with Crippen molar-refractivity contribution in [2.24, 2.45) is 5.10 Å². The summed E-state index contributed by atoms with van der Waals surface area (Å²) in [6.45, 7) is 0.767. The molecule has 2 aromatic carbocycles. The van der Waals surface area contributed by atoms with Gasteiger partial charge in [0.1, 0.15) is 11.4 Å². The summed E-state index contributed by atoms with van der Waals surface area (Å²) in [5.74, 6) is -13.1. The van der Waals surface area contributed by atoms with Crippen LogP contribution in [0, 0.1) is 36.2 Å². The topological polar surface area (TPSA) is 79.2 Å². The number of rotatable bonds is 5. The van der Waals surface area contributed by atoms with Gasteiger partial charge in [-0.15, -0.1) is 0 Å². The van der Waals surface area contributed by atoms with Gasteiger partial charge in [-0.25, -0.2) is 26.7 Å². The van der Waals surface area contributed by atoms with Crippen LogP contribution in [0.1, 0.15) is 12.5 Å². The number of nitrogens with zero attached hydrogens (tertiary/aromatic N) is 2. The Hall–Kier alpha value is -2.30. The van der Waals surface area contributed by atoms with Crippen molar-refractivity contribution in [1.29, 1.82) is 0 Å². The second-order valence-corrected chi connectivity index (χ2v) is 8.60. The minimum absolute atomic E-state index is 0.0184. The van der Waals surface area contributed by atoms with Crippen LogP contribution in [0.15, 0.2) is 22.8 Å². The molecule has 0 fully saturated rings. The number of hydrogen-bond acceptors (Lipinski definition) is 4. The predicted molar refractivity (Wildman–Crippen MR) is 120 cm³/mol. The van der Waals surface area contributed by atoms with Gasteiger partial charge in [-0.3, -0.25) is 4.79 Å². The number of carbonyl (C=O) groups excluding carboxylic acids is 1. The third kappa shape index (κ3) is 4.44. The molecule has 1 aliphatic heterocycles. The van der Waals surface area contributed by atoms with E-state index in [1.807, 2.05) is 45.2 Å². The lowest BCUT2D eigenvalue weighted by Gasteiger charge is -2.15. The molecule has 0 aliphatic carbocycles. The Morgan fingerprint density at radius 3 is 2.06 bits per heavy atom. The van der Waals surface area contributed by atoms with Crippen LogP contribution in [0.5, 0.6) is 5.75 Å². The average molecular weight is 678 g/mol. The molecule has 1 N–H and O–H groups in total. The van der Waals surface area contributed by atoms with Crippen LogP contribution in [-0.2, 0) is 9.59 Å². The highest BCUT2D eigenvalue weighted by Gasteiger charge is 2.37. The van der Waals surface area contributed by atoms with Crippen LogP contribution in [-0.4, -0.2) is 29.3 Å². The molecule has 0 radical (unpaired) electrons. The number of aliphatic carboxylic acids is 1. The maximum absolute atomic E-state index is 14.1. The van der Waals surface area contributed by atoms with Gasteiger partial charge in [-0.2, -0.15) is 10.1 Å². The molecule has 0 atom stereocenters. The van der Waals surface area contributed by atoms with Crippen molar-refractivity contribution in [1.82, 2.24) is 0 Å². The standard InChI is InChI=1S/C19H9F5I2N2O4/c1-6-8(2-7-3-9(25)18(10(26)4-7)32-5-11(29)30)19(31)28(27-6)17-15(23)13(21)12(20)14(22)16(17)24/h2-4H,5H2,1H3,(H,29,30)/b8-2+. The van der Waals surface area contributed by atoms with Gasteiger partial charge in [0.2, 0.25) is 5.82 Å². The van der Waals surface area contributed by atoms with Crippen molar-refractivity contribution in [2.45, 2.75) is 6.92 Å². The van der Waals surface area contributed by atoms with Gasteiger partial charge in [-0.05, 0) is 75.9 Å². The van der Waals surface area contributed by atoms with Crippen LogP contribution in [0.25, 0.3) is 6.08 Å². The molecule has 2 aromatic rings. The fourth-order valence-corrected chi connectivity index (χ4v) is 4.84. The van der Waals surface area contributed by atoms with E-state index in [0.717, 1.165) is 0 Å². The molecule has 3 rings (SSSR count). The fraction of sp³-hybridized carbons (Fsp3) is 0.105. The summed E-state index contributed by atoms with van der Waals surface area (Å²) in [7, 11) is 0. The molecule has 1 aliphatic rings. The van der Waals surface area contributed by atoms with E-state index in [2.05, 4.69) is 5.10 Å². The first-order chi connectivity index (χ1) is 14.9. The largest absolute Gasteiger partial charge is 0.480 e. The molecule has 0 spiro atoms. The lowest BCUT2D eigenvalue weighted by Crippen LogP contribution is -2.25. The number of hydrogen-bond donors (Lipinski definition) is 1. The first kappa shape index (κ1) is 24.3. The lowest BCUT2D eigenvalue weighted by molar-refractivity contribution is -0.139. The van der Waals surface area contributed by atoms with Gasteiger partial charge in [0.15, 0.2) is 29.9 Å². The number of ether oxygens (including phenoxy) is 1. The van der Waals surface area contributed by atoms with E-state index >= 15 is 0 Å². The monoisotopic (exact) mass is 678 g/mol. The van der Waals surface area contributed by atoms with Crippen molar-refractivity contribution >= 4 is 74.5 Å². The second kappa shape index (κ2) is 9.29. The van der Waals surface area contributed by atoms with Crippen LogP contribution < -0.4 is 9.75 Å². The van der Waals surface area contributed by atoms with Crippen LogP contribution in [0.3, 0.4) is 0 Å². The summed E-state index contributed by atoms with van der Waals surface area (Å²) >= 11 is 3.78. The van der Waals surface area contributed by atoms with Crippen LogP contribution in [0.4, 0.5) is 27.6 Å². The van der Waals surface area contributed by atoms with Gasteiger partial charge >= 0.3 is 5.97 Å². The fourth-order valence-electron chi connectivity index (χ4n) is 2.72. The van der Waals surface area contributed by atoms with E-state index in [1.165, 1.54) is 13.0 Å². The maximum Gasteiger partial charge on any atom is 0.341 e. The van der Waals surface area contributed by atoms with Gasteiger partial charge in [0, 0.05) is 0 Å². The van der Waals surface area contributed by atoms with Crippen molar-refractivity contribution in [3.8, 4) is 5.75 Å². The minimum Gasteiger partial charge on any atom is -0.480 e. The van der Waals surface area contributed by atoms with E-state index in [-0.39, 0.29) is 16.3 Å². The number of benzene rings is 2. The molecule has 13 heteroatoms. The molecule has 1 amide bonds. The molecule has 0 saturated heterocycles. The number of carboxylic acid groups (broad SMARTS) is 1. The van der Waals surface area contributed by atoms with E-state index in [1.54, 1.807) is 12.1 Å². The molecule has 0 saturated carbocycles. The summed E-state index contributed by atoms with van der Waals surface area (Å²) < 4.78 is 74.9. The molecular formula is C19H9F5I2N2O4. The van der Waals surface area contributed by atoms with E-state index in [0.29, 0.717) is 18.5 Å². The third-order valence-corrected chi connectivity index (χ3v) is 5.74. The maximum atomic E-state index is 14.1. The Kier molecular flexibility index (Phi) is 7.06. The minimum atomic E-state index is -2.35. The Labute approximate surface area is 204 Å². The quantitative estimate of drug-likeness (QED) is 0.161. The molecule has 32 heavy (non-hydrogen) atoms. The van der Waals surface area contributed by atoms with Gasteiger partial charge in [0.05, 0.1) is 18.4 Å². The predicted octanol–water partition coefficient (Wildman–Crippen LogP) is 4.86. The SMILES string of the molecule is CC1=NN(c2c(F)c(F)c(F)c(F)c2F)C(=O)/C1=C/c1cc(I)c(OCC(=O)O)c(I)c1. The molecule has 0 bridgehead atoms. The van der Waals surface area contributed by atoms with Gasteiger partial charge in [-0.1, -0.05) is 0 Å². The summed E-state index contributed by atoms with van der Waals surface area (Å²) in [4.78, 5) is 23.4. The molecule has 0 unspecified atom stereocenters. The van der Waals surface area contributed by atoms with Gasteiger partial charge in [0.25, 0.3) is 5.91 Å². The van der Waals surface area contributed by atoms with Crippen molar-refractivity contribution in [3.05, 3.63) is 59.5 Å². The zero-order valence-corrected chi connectivity index (χ0v) is 20.0. The normalized spacial score (nSPS) is 14.9. The number of halogens is 7. The Morgan fingerprint density at radius 2 is 1.56 bits per heavy atom. The smallest absolute Gasteiger partial charge is 0.341 e. The highest BCUT2D eigenvalue weighted by molar-refractivity contribution is 14.1. The zero-order chi connectivity index (χ0) is 23.9. The van der Waals surface area contributed by atoms with Crippen LogP contribution in [0.2, 0.25) is 0 Å². The van der Waals surface area contributed by atoms with E-state index in [4.69, 9.17) is 9.84 Å². The molecule has 0 aromatic heterocycles. The number of anilines is 1. The molecular weight excluding hydrogens is 669 g/mol. The molecule has 168 valence electrons. The third-order valence-electron chi connectivity index (χ3n) is 4.13. The van der Waals surface area contributed by atoms with Crippen molar-refractivity contribution in [3.63, 3.8) is 0 Å². The highest BCUT2D eigenvalue weighted by Crippen LogP contribution is 2.35. The number of amides is 1. The molecule has 6 nitrogen and oxygen atoms in total. The summed E-state index contributed by atoms with van der Waals surface area (Å²) in [6, 6.07) is 3.10. The summed E-state index contributed by atoms with van der Waals surface area (Å²) in [5.41, 5.74) is -1.20. The Balaban J connectivity index is 2.01. The van der Waals surface area contributed by atoms with E-state index < -0.39 is 53.3 Å². The Bertz CT molecular complexity index is 1180. The summed E-state index contributed by atoms with van der Waals surface area (Å²) in [5, 5.41) is 12.5. The van der Waals surface area contributed by atoms with E-state index in [9.17, 15) is 31.5 Å². The lowest BCUT2D eigenvalue weighted by atomic mass is 10.1. The number of carboxylic acids is 1. The second-order valence-electron chi connectivity index (χ2n) is 6.27. The summed E-state index contributed by atoms with van der Waals surface area (Å²) in [6.07, 6.45) is 1.32. The zero-order valence-electron chi connectivity index (χ0n) is 15.7. The van der Waals surface area contributed by atoms with Crippen molar-refractivity contribution in [2.75, 3.05) is 11.6 Å². The Morgan fingerprint density at radius 1 is 1.06 bits per heavy atom. The van der Waals surface area contributed by atoms with Crippen molar-refractivity contribution < 1.29 is 41.4 Å². The highest BCUT2D eigenvalue weighted by atomic mass is 127. The van der Waals surface area contributed by atoms with Crippen LogP contribution >= 0.6 is 45.2 Å². The van der Waals surface area contributed by atoms with Gasteiger partial charge < -0.3 is 9.84 Å². The first-order valence-electron chi connectivity index (χ1n) is 8.40. The first-order valence-corrected chi connectivity index (χ1v) is 10.6. The molecule has 1 heterocycles. The number of hydrazone groups is 1. The number of carbonyl (C=O) groups is 2.